The quantitative estimate of drug-likeness (QED) is 0.694. The van der Waals surface area contributed by atoms with Crippen molar-refractivity contribution in [2.75, 3.05) is 5.32 Å². The van der Waals surface area contributed by atoms with Crippen LogP contribution in [0.5, 0.6) is 0 Å². The smallest absolute Gasteiger partial charge is 0.335 e. The molecule has 2 aromatic carbocycles. The molecule has 0 aromatic heterocycles. The minimum Gasteiger partial charge on any atom is -0.478 e. The summed E-state index contributed by atoms with van der Waals surface area (Å²) in [6, 6.07) is 10.8. The van der Waals surface area contributed by atoms with Crippen LogP contribution < -0.4 is 5.32 Å². The van der Waals surface area contributed by atoms with Crippen LogP contribution in [0, 0.1) is 5.92 Å². The minimum absolute atomic E-state index is 0.0660. The van der Waals surface area contributed by atoms with Gasteiger partial charge in [0, 0.05) is 16.5 Å². The Morgan fingerprint density at radius 3 is 2.50 bits per heavy atom. The summed E-state index contributed by atoms with van der Waals surface area (Å²) in [5.41, 5.74) is 3.28. The number of halogens is 2. The van der Waals surface area contributed by atoms with Crippen molar-refractivity contribution in [3.8, 4) is 0 Å². The van der Waals surface area contributed by atoms with E-state index in [2.05, 4.69) is 17.5 Å². The molecule has 1 heterocycles. The number of nitrogens with one attached hydrogen (secondary N) is 1. The predicted octanol–water partition coefficient (Wildman–Crippen LogP) is 5.52. The number of rotatable bonds is 2. The molecule has 2 N–H and O–H groups in total. The second-order valence-corrected chi connectivity index (χ2v) is 7.03. The van der Waals surface area contributed by atoms with E-state index in [1.807, 2.05) is 18.2 Å². The number of hydrogen-bond acceptors (Lipinski definition) is 2. The highest BCUT2D eigenvalue weighted by Gasteiger charge is 2.39. The molecule has 0 spiro atoms. The predicted molar refractivity (Wildman–Crippen MR) is 96.2 cm³/mol. The molecule has 3 atom stereocenters. The van der Waals surface area contributed by atoms with E-state index in [0.717, 1.165) is 28.3 Å². The van der Waals surface area contributed by atoms with Crippen molar-refractivity contribution < 1.29 is 9.90 Å². The van der Waals surface area contributed by atoms with Gasteiger partial charge in [0.05, 0.1) is 22.3 Å². The van der Waals surface area contributed by atoms with Crippen LogP contribution >= 0.6 is 23.2 Å². The van der Waals surface area contributed by atoms with Gasteiger partial charge in [0.25, 0.3) is 0 Å². The maximum Gasteiger partial charge on any atom is 0.335 e. The average molecular weight is 360 g/mol. The number of carbonyl (C=O) groups is 1. The molecule has 2 aromatic rings. The number of hydrogen-bond donors (Lipinski definition) is 2. The molecule has 4 rings (SSSR count). The van der Waals surface area contributed by atoms with Crippen molar-refractivity contribution >= 4 is 34.9 Å². The van der Waals surface area contributed by atoms with Crippen molar-refractivity contribution in [1.82, 2.24) is 0 Å². The molecular weight excluding hydrogens is 345 g/mol. The third-order valence-corrected chi connectivity index (χ3v) is 5.58. The van der Waals surface area contributed by atoms with E-state index in [4.69, 9.17) is 28.3 Å². The maximum atomic E-state index is 11.1. The molecule has 1 aliphatic carbocycles. The Morgan fingerprint density at radius 1 is 1.08 bits per heavy atom. The zero-order chi connectivity index (χ0) is 16.8. The van der Waals surface area contributed by atoms with E-state index >= 15 is 0 Å². The molecule has 0 unspecified atom stereocenters. The lowest BCUT2D eigenvalue weighted by atomic mass is 9.77. The van der Waals surface area contributed by atoms with E-state index in [9.17, 15) is 4.79 Å². The summed E-state index contributed by atoms with van der Waals surface area (Å²) in [6.45, 7) is 0. The van der Waals surface area contributed by atoms with Crippen LogP contribution in [0.25, 0.3) is 0 Å². The molecule has 122 valence electrons. The summed E-state index contributed by atoms with van der Waals surface area (Å²) in [5.74, 6) is -0.362. The van der Waals surface area contributed by atoms with Gasteiger partial charge in [-0.1, -0.05) is 47.5 Å². The number of fused-ring (bicyclic) bond motifs is 3. The lowest BCUT2D eigenvalue weighted by Gasteiger charge is -2.38. The summed E-state index contributed by atoms with van der Waals surface area (Å²) < 4.78 is 0. The van der Waals surface area contributed by atoms with Crippen LogP contribution in [-0.4, -0.2) is 11.1 Å². The fraction of sp³-hybridized carbons (Fsp3) is 0.211. The topological polar surface area (TPSA) is 49.3 Å². The van der Waals surface area contributed by atoms with Crippen molar-refractivity contribution in [1.29, 1.82) is 0 Å². The van der Waals surface area contributed by atoms with Gasteiger partial charge in [0.15, 0.2) is 0 Å². The van der Waals surface area contributed by atoms with Gasteiger partial charge in [-0.05, 0) is 42.2 Å². The monoisotopic (exact) mass is 359 g/mol. The zero-order valence-electron chi connectivity index (χ0n) is 12.7. The highest BCUT2D eigenvalue weighted by Crippen LogP contribution is 2.53. The van der Waals surface area contributed by atoms with Crippen LogP contribution in [0.4, 0.5) is 5.69 Å². The van der Waals surface area contributed by atoms with Gasteiger partial charge in [-0.3, -0.25) is 0 Å². The molecule has 0 bridgehead atoms. The van der Waals surface area contributed by atoms with E-state index in [0.29, 0.717) is 10.9 Å². The first kappa shape index (κ1) is 15.6. The first-order chi connectivity index (χ1) is 11.6. The summed E-state index contributed by atoms with van der Waals surface area (Å²) in [4.78, 5) is 11.1. The largest absolute Gasteiger partial charge is 0.478 e. The van der Waals surface area contributed by atoms with Crippen LogP contribution in [0.1, 0.15) is 39.9 Å². The van der Waals surface area contributed by atoms with E-state index in [1.54, 1.807) is 18.2 Å². The lowest BCUT2D eigenvalue weighted by molar-refractivity contribution is 0.0697. The van der Waals surface area contributed by atoms with Gasteiger partial charge in [-0.15, -0.1) is 0 Å². The van der Waals surface area contributed by atoms with Gasteiger partial charge in [0.1, 0.15) is 0 Å². The Labute approximate surface area is 149 Å². The molecule has 0 radical (unpaired) electrons. The second kappa shape index (κ2) is 5.83. The van der Waals surface area contributed by atoms with Crippen LogP contribution in [0.3, 0.4) is 0 Å². The zero-order valence-corrected chi connectivity index (χ0v) is 14.2. The van der Waals surface area contributed by atoms with Crippen LogP contribution in [0.15, 0.2) is 48.6 Å². The molecule has 0 saturated carbocycles. The number of carboxylic acids is 1. The Kier molecular flexibility index (Phi) is 3.78. The van der Waals surface area contributed by atoms with E-state index < -0.39 is 5.97 Å². The summed E-state index contributed by atoms with van der Waals surface area (Å²) in [6.07, 6.45) is 5.33. The number of carboxylic acid groups (broad SMARTS) is 1. The normalized spacial score (nSPS) is 24.2. The Balaban J connectivity index is 1.78. The standard InChI is InChI=1S/C19H15Cl2NO2/c20-14-8-9-15(21)18-16(14)12-2-1-3-13(12)17(22-18)10-4-6-11(7-5-10)19(23)24/h1-2,4-9,12-13,17,22H,3H2,(H,23,24)/t12-,13+,17+/m0/s1. The van der Waals surface area contributed by atoms with Gasteiger partial charge in [-0.2, -0.15) is 0 Å². The fourth-order valence-corrected chi connectivity index (χ4v) is 4.29. The molecular formula is C19H15Cl2NO2. The average Bonchev–Trinajstić information content (AvgIpc) is 3.07. The molecule has 5 heteroatoms. The SMILES string of the molecule is O=C(O)c1ccc([C@H]2Nc3c(Cl)ccc(Cl)c3[C@H]3C=CC[C@H]32)cc1. The summed E-state index contributed by atoms with van der Waals surface area (Å²) >= 11 is 12.8. The Bertz CT molecular complexity index is 845. The van der Waals surface area contributed by atoms with E-state index in [1.165, 1.54) is 0 Å². The second-order valence-electron chi connectivity index (χ2n) is 6.22. The van der Waals surface area contributed by atoms with Gasteiger partial charge in [-0.25, -0.2) is 4.79 Å². The number of aromatic carboxylic acids is 1. The van der Waals surface area contributed by atoms with Crippen molar-refractivity contribution in [3.63, 3.8) is 0 Å². The van der Waals surface area contributed by atoms with Crippen molar-refractivity contribution in [2.45, 2.75) is 18.4 Å². The van der Waals surface area contributed by atoms with Crippen LogP contribution in [-0.2, 0) is 0 Å². The third-order valence-electron chi connectivity index (χ3n) is 4.93. The number of anilines is 1. The van der Waals surface area contributed by atoms with Crippen molar-refractivity contribution in [2.24, 2.45) is 5.92 Å². The van der Waals surface area contributed by atoms with Gasteiger partial charge in [0.2, 0.25) is 0 Å². The number of benzene rings is 2. The highest BCUT2D eigenvalue weighted by molar-refractivity contribution is 6.36. The number of allylic oxidation sites excluding steroid dienone is 2. The van der Waals surface area contributed by atoms with Gasteiger partial charge < -0.3 is 10.4 Å². The fourth-order valence-electron chi connectivity index (χ4n) is 3.79. The highest BCUT2D eigenvalue weighted by atomic mass is 35.5. The molecule has 3 nitrogen and oxygen atoms in total. The van der Waals surface area contributed by atoms with Gasteiger partial charge >= 0.3 is 5.97 Å². The maximum absolute atomic E-state index is 11.1. The first-order valence-electron chi connectivity index (χ1n) is 7.80. The molecule has 0 amide bonds. The van der Waals surface area contributed by atoms with E-state index in [-0.39, 0.29) is 17.5 Å². The molecule has 24 heavy (non-hydrogen) atoms. The Hall–Kier alpha value is -1.97. The molecule has 0 saturated heterocycles. The Morgan fingerprint density at radius 2 is 1.79 bits per heavy atom. The summed E-state index contributed by atoms with van der Waals surface area (Å²) in [5, 5.41) is 14.0. The van der Waals surface area contributed by atoms with Crippen molar-refractivity contribution in [3.05, 3.63) is 75.3 Å². The molecule has 0 fully saturated rings. The lowest BCUT2D eigenvalue weighted by Crippen LogP contribution is -2.29. The van der Waals surface area contributed by atoms with Crippen LogP contribution in [0.2, 0.25) is 10.0 Å². The summed E-state index contributed by atoms with van der Waals surface area (Å²) in [7, 11) is 0. The molecule has 2 aliphatic rings. The first-order valence-corrected chi connectivity index (χ1v) is 8.56. The molecule has 1 aliphatic heterocycles. The third kappa shape index (κ3) is 2.40. The minimum atomic E-state index is -0.918.